The molecular weight excluding hydrogens is 444 g/mol. The highest BCUT2D eigenvalue weighted by molar-refractivity contribution is 7.91. The van der Waals surface area contributed by atoms with E-state index in [0.717, 1.165) is 44.2 Å². The zero-order valence-electron chi connectivity index (χ0n) is 18.6. The normalized spacial score (nSPS) is 18.7. The van der Waals surface area contributed by atoms with Gasteiger partial charge in [0.25, 0.3) is 15.0 Å². The minimum absolute atomic E-state index is 0.104. The molecule has 0 atom stereocenters. The molecule has 3 aliphatic rings. The van der Waals surface area contributed by atoms with Crippen LogP contribution < -0.4 is 5.32 Å². The zero-order chi connectivity index (χ0) is 22.8. The van der Waals surface area contributed by atoms with Gasteiger partial charge in [-0.15, -0.1) is 10.2 Å². The number of methoxy groups -OCH3 is 1. The molecule has 10 nitrogen and oxygen atoms in total. The molecule has 0 saturated carbocycles. The molecule has 2 N–H and O–H groups in total. The molecule has 0 unspecified atom stereocenters. The van der Waals surface area contributed by atoms with Crippen LogP contribution in [-0.4, -0.2) is 53.7 Å². The number of benzene rings is 1. The summed E-state index contributed by atoms with van der Waals surface area (Å²) in [4.78, 5) is 2.87. The topological polar surface area (TPSA) is 124 Å². The monoisotopic (exact) mass is 470 g/mol. The van der Waals surface area contributed by atoms with Crippen molar-refractivity contribution in [3.63, 3.8) is 0 Å². The first kappa shape index (κ1) is 20.8. The number of aryl methyl sites for hydroxylation is 3. The van der Waals surface area contributed by atoms with Crippen molar-refractivity contribution in [1.29, 1.82) is 0 Å². The predicted molar refractivity (Wildman–Crippen MR) is 118 cm³/mol. The summed E-state index contributed by atoms with van der Waals surface area (Å²) in [5.41, 5.74) is 6.44. The predicted octanol–water partition coefficient (Wildman–Crippen LogP) is 1.96. The molecule has 11 heteroatoms. The second-order valence-electron chi connectivity index (χ2n) is 9.02. The van der Waals surface area contributed by atoms with E-state index in [2.05, 4.69) is 31.7 Å². The van der Waals surface area contributed by atoms with Gasteiger partial charge in [-0.1, -0.05) is 6.07 Å². The van der Waals surface area contributed by atoms with E-state index in [0.29, 0.717) is 24.9 Å². The largest absolute Gasteiger partial charge is 0.374 e. The van der Waals surface area contributed by atoms with Gasteiger partial charge < -0.3 is 14.8 Å². The highest BCUT2D eigenvalue weighted by Crippen LogP contribution is 2.40. The van der Waals surface area contributed by atoms with Crippen LogP contribution in [0, 0.1) is 0 Å². The molecule has 1 aromatic carbocycles. The summed E-state index contributed by atoms with van der Waals surface area (Å²) >= 11 is 0. The third-order valence-corrected chi connectivity index (χ3v) is 8.54. The van der Waals surface area contributed by atoms with E-state index in [-0.39, 0.29) is 10.2 Å². The Kier molecular flexibility index (Phi) is 4.65. The van der Waals surface area contributed by atoms with E-state index < -0.39 is 15.4 Å². The van der Waals surface area contributed by atoms with Gasteiger partial charge in [-0.3, -0.25) is 9.67 Å². The molecule has 2 aliphatic carbocycles. The summed E-state index contributed by atoms with van der Waals surface area (Å²) in [7, 11) is -0.715. The van der Waals surface area contributed by atoms with Gasteiger partial charge in [0.05, 0.1) is 18.9 Å². The molecule has 3 heterocycles. The highest BCUT2D eigenvalue weighted by Gasteiger charge is 2.44. The van der Waals surface area contributed by atoms with Crippen LogP contribution in [0.2, 0.25) is 0 Å². The number of H-pyrrole nitrogens is 1. The fourth-order valence-corrected chi connectivity index (χ4v) is 6.34. The van der Waals surface area contributed by atoms with Crippen molar-refractivity contribution in [2.45, 2.75) is 54.3 Å². The summed E-state index contributed by atoms with van der Waals surface area (Å²) in [5, 5.41) is 15.3. The van der Waals surface area contributed by atoms with Gasteiger partial charge in [-0.05, 0) is 60.8 Å². The summed E-state index contributed by atoms with van der Waals surface area (Å²) in [6.07, 6.45) is 6.49. The third kappa shape index (κ3) is 3.13. The summed E-state index contributed by atoms with van der Waals surface area (Å²) < 4.78 is 38.9. The first-order valence-electron chi connectivity index (χ1n) is 11.2. The molecule has 33 heavy (non-hydrogen) atoms. The Morgan fingerprint density at radius 1 is 1.09 bits per heavy atom. The van der Waals surface area contributed by atoms with E-state index >= 15 is 0 Å². The maximum absolute atomic E-state index is 13.3. The second-order valence-corrected chi connectivity index (χ2v) is 10.8. The number of rotatable bonds is 6. The van der Waals surface area contributed by atoms with Gasteiger partial charge in [0.15, 0.2) is 10.6 Å². The fraction of sp³-hybridized carbons (Fsp3) is 0.500. The Balaban J connectivity index is 1.32. The Labute approximate surface area is 191 Å². The van der Waals surface area contributed by atoms with E-state index in [4.69, 9.17) is 9.47 Å². The molecule has 1 fully saturated rings. The lowest BCUT2D eigenvalue weighted by Gasteiger charge is -2.39. The van der Waals surface area contributed by atoms with Crippen LogP contribution in [0.3, 0.4) is 0 Å². The van der Waals surface area contributed by atoms with Gasteiger partial charge >= 0.3 is 0 Å². The average Bonchev–Trinajstić information content (AvgIpc) is 3.54. The number of hydrogen-bond acceptors (Lipinski definition) is 8. The van der Waals surface area contributed by atoms with Crippen molar-refractivity contribution in [2.24, 2.45) is 7.05 Å². The van der Waals surface area contributed by atoms with Crippen LogP contribution in [0.15, 0.2) is 22.3 Å². The van der Waals surface area contributed by atoms with E-state index in [9.17, 15) is 8.42 Å². The van der Waals surface area contributed by atoms with Crippen molar-refractivity contribution < 1.29 is 17.9 Å². The number of nitrogens with zero attached hydrogens (tertiary/aromatic N) is 4. The zero-order valence-corrected chi connectivity index (χ0v) is 19.5. The minimum Gasteiger partial charge on any atom is -0.374 e. The van der Waals surface area contributed by atoms with Crippen molar-refractivity contribution in [3.8, 4) is 0 Å². The maximum Gasteiger partial charge on any atom is 0.260 e. The SMILES string of the molecule is COC1(c2cc(S(=O)(=O)c3nnc(Nc4c5c(cc6c4CCC6)CCC5)[nH]3)nn2C)COC1. The van der Waals surface area contributed by atoms with Crippen LogP contribution in [0.25, 0.3) is 0 Å². The summed E-state index contributed by atoms with van der Waals surface area (Å²) in [6.45, 7) is 0.704. The number of nitrogens with one attached hydrogen (secondary N) is 2. The Hall–Kier alpha value is -2.76. The minimum atomic E-state index is -3.99. The lowest BCUT2D eigenvalue weighted by Crippen LogP contribution is -2.49. The summed E-state index contributed by atoms with van der Waals surface area (Å²) in [5.74, 6) is 0.319. The smallest absolute Gasteiger partial charge is 0.260 e. The lowest BCUT2D eigenvalue weighted by atomic mass is 9.97. The molecule has 0 spiro atoms. The average molecular weight is 471 g/mol. The van der Waals surface area contributed by atoms with Gasteiger partial charge in [0.2, 0.25) is 5.95 Å². The third-order valence-electron chi connectivity index (χ3n) is 7.10. The molecule has 1 saturated heterocycles. The van der Waals surface area contributed by atoms with Gasteiger partial charge in [-0.25, -0.2) is 8.42 Å². The van der Waals surface area contributed by atoms with E-state index in [1.807, 2.05) is 0 Å². The number of fused-ring (bicyclic) bond motifs is 2. The van der Waals surface area contributed by atoms with Crippen LogP contribution in [-0.2, 0) is 57.6 Å². The first-order valence-corrected chi connectivity index (χ1v) is 12.7. The molecule has 3 aromatic rings. The van der Waals surface area contributed by atoms with Crippen molar-refractivity contribution in [3.05, 3.63) is 40.1 Å². The fourth-order valence-electron chi connectivity index (χ4n) is 5.26. The van der Waals surface area contributed by atoms with Gasteiger partial charge in [0.1, 0.15) is 0 Å². The molecule has 1 aliphatic heterocycles. The molecule has 0 bridgehead atoms. The van der Waals surface area contributed by atoms with Crippen molar-refractivity contribution >= 4 is 21.5 Å². The molecular formula is C22H26N6O4S. The first-order chi connectivity index (χ1) is 15.9. The van der Waals surface area contributed by atoms with Gasteiger partial charge in [0, 0.05) is 25.9 Å². The number of aromatic amines is 1. The molecule has 0 radical (unpaired) electrons. The van der Waals surface area contributed by atoms with Crippen LogP contribution >= 0.6 is 0 Å². The van der Waals surface area contributed by atoms with Crippen molar-refractivity contribution in [2.75, 3.05) is 25.6 Å². The molecule has 0 amide bonds. The molecule has 2 aromatic heterocycles. The van der Waals surface area contributed by atoms with Crippen LogP contribution in [0.5, 0.6) is 0 Å². The van der Waals surface area contributed by atoms with Gasteiger partial charge in [-0.2, -0.15) is 5.10 Å². The lowest BCUT2D eigenvalue weighted by molar-refractivity contribution is -0.206. The molecule has 174 valence electrons. The Morgan fingerprint density at radius 2 is 1.79 bits per heavy atom. The number of sulfone groups is 1. The van der Waals surface area contributed by atoms with Crippen LogP contribution in [0.4, 0.5) is 11.6 Å². The van der Waals surface area contributed by atoms with Crippen LogP contribution in [0.1, 0.15) is 40.8 Å². The number of hydrogen-bond donors (Lipinski definition) is 2. The molecule has 6 rings (SSSR count). The Morgan fingerprint density at radius 3 is 2.39 bits per heavy atom. The standard InChI is InChI=1S/C22H26N6O4S/c1-28-17(22(31-2)11-32-12-22)10-18(27-28)33(29,30)21-24-20(25-26-21)23-19-15-7-3-5-13(15)9-14-6-4-8-16(14)19/h9-10H,3-8,11-12H2,1-2H3,(H2,23,24,25,26). The quantitative estimate of drug-likeness (QED) is 0.560. The highest BCUT2D eigenvalue weighted by atomic mass is 32.2. The Bertz CT molecular complexity index is 1320. The second kappa shape index (κ2) is 7.37. The van der Waals surface area contributed by atoms with E-state index in [1.54, 1.807) is 14.2 Å². The van der Waals surface area contributed by atoms with E-state index in [1.165, 1.54) is 33.0 Å². The summed E-state index contributed by atoms with van der Waals surface area (Å²) in [6, 6.07) is 3.87. The number of ether oxygens (including phenoxy) is 2. The number of anilines is 2. The maximum atomic E-state index is 13.3. The number of aromatic nitrogens is 5. The van der Waals surface area contributed by atoms with Crippen molar-refractivity contribution in [1.82, 2.24) is 25.0 Å².